The van der Waals surface area contributed by atoms with Crippen LogP contribution in [0.4, 0.5) is 0 Å². The van der Waals surface area contributed by atoms with Crippen LogP contribution in [0, 0.1) is 0 Å². The summed E-state index contributed by atoms with van der Waals surface area (Å²) >= 11 is 0. The number of carbonyl (C=O) groups is 1. The number of hydrogen-bond acceptors (Lipinski definition) is 4. The molecule has 0 amide bonds. The first-order valence-electron chi connectivity index (χ1n) is 5.97. The molecular formula is C13H15NO4. The molecule has 18 heavy (non-hydrogen) atoms. The molecule has 1 heterocycles. The van der Waals surface area contributed by atoms with Gasteiger partial charge in [-0.1, -0.05) is 19.8 Å². The molecule has 0 fully saturated rings. The molecule has 0 bridgehead atoms. The number of rotatable bonds is 6. The average Bonchev–Trinajstić information content (AvgIpc) is 2.76. The summed E-state index contributed by atoms with van der Waals surface area (Å²) in [5.41, 5.74) is 1.21. The number of fused-ring (bicyclic) bond motifs is 1. The molecule has 0 saturated carbocycles. The monoisotopic (exact) mass is 249 g/mol. The zero-order valence-corrected chi connectivity index (χ0v) is 10.2. The summed E-state index contributed by atoms with van der Waals surface area (Å²) in [5.74, 6) is -0.987. The lowest BCUT2D eigenvalue weighted by Gasteiger charge is -1.98. The van der Waals surface area contributed by atoms with Crippen molar-refractivity contribution >= 4 is 17.1 Å². The highest BCUT2D eigenvalue weighted by Crippen LogP contribution is 2.21. The van der Waals surface area contributed by atoms with E-state index >= 15 is 0 Å². The summed E-state index contributed by atoms with van der Waals surface area (Å²) in [5, 5.41) is 8.86. The summed E-state index contributed by atoms with van der Waals surface area (Å²) in [7, 11) is 0. The molecular weight excluding hydrogens is 234 g/mol. The molecule has 2 rings (SSSR count). The SMILES string of the molecule is CCCCCOc1nc2ccc(C(=O)O)cc2o1. The van der Waals surface area contributed by atoms with E-state index in [-0.39, 0.29) is 11.6 Å². The molecule has 0 unspecified atom stereocenters. The summed E-state index contributed by atoms with van der Waals surface area (Å²) in [4.78, 5) is 14.9. The molecule has 0 spiro atoms. The Labute approximate surface area is 104 Å². The van der Waals surface area contributed by atoms with E-state index in [4.69, 9.17) is 14.3 Å². The van der Waals surface area contributed by atoms with Crippen molar-refractivity contribution in [3.63, 3.8) is 0 Å². The van der Waals surface area contributed by atoms with Crippen LogP contribution < -0.4 is 4.74 Å². The fourth-order valence-electron chi connectivity index (χ4n) is 1.61. The van der Waals surface area contributed by atoms with Gasteiger partial charge in [0.15, 0.2) is 5.58 Å². The van der Waals surface area contributed by atoms with Crippen LogP contribution in [-0.4, -0.2) is 22.7 Å². The Bertz CT molecular complexity index is 547. The standard InChI is InChI=1S/C13H15NO4/c1-2-3-4-7-17-13-14-10-6-5-9(12(15)16)8-11(10)18-13/h5-6,8H,2-4,7H2,1H3,(H,15,16). The Kier molecular flexibility index (Phi) is 3.82. The highest BCUT2D eigenvalue weighted by atomic mass is 16.6. The van der Waals surface area contributed by atoms with Crippen molar-refractivity contribution in [3.05, 3.63) is 23.8 Å². The predicted octanol–water partition coefficient (Wildman–Crippen LogP) is 3.10. The van der Waals surface area contributed by atoms with Crippen molar-refractivity contribution in [2.45, 2.75) is 26.2 Å². The first kappa shape index (κ1) is 12.4. The number of ether oxygens (including phenoxy) is 1. The van der Waals surface area contributed by atoms with Crippen LogP contribution in [0.15, 0.2) is 22.6 Å². The Morgan fingerprint density at radius 1 is 1.44 bits per heavy atom. The van der Waals surface area contributed by atoms with E-state index in [0.29, 0.717) is 17.7 Å². The zero-order chi connectivity index (χ0) is 13.0. The van der Waals surface area contributed by atoms with Gasteiger partial charge in [-0.3, -0.25) is 0 Å². The number of hydrogen-bond donors (Lipinski definition) is 1. The van der Waals surface area contributed by atoms with Gasteiger partial charge >= 0.3 is 12.0 Å². The van der Waals surface area contributed by atoms with E-state index < -0.39 is 5.97 Å². The molecule has 0 aliphatic carbocycles. The molecule has 1 N–H and O–H groups in total. The summed E-state index contributed by atoms with van der Waals surface area (Å²) in [6.45, 7) is 2.68. The van der Waals surface area contributed by atoms with Gasteiger partial charge in [0.05, 0.1) is 12.2 Å². The molecule has 0 radical (unpaired) electrons. The van der Waals surface area contributed by atoms with Gasteiger partial charge in [0.1, 0.15) is 5.52 Å². The third kappa shape index (κ3) is 2.80. The fourth-order valence-corrected chi connectivity index (χ4v) is 1.61. The van der Waals surface area contributed by atoms with Crippen molar-refractivity contribution < 1.29 is 19.1 Å². The van der Waals surface area contributed by atoms with Gasteiger partial charge in [-0.2, -0.15) is 4.98 Å². The Morgan fingerprint density at radius 3 is 3.00 bits per heavy atom. The number of carboxylic acid groups (broad SMARTS) is 1. The third-order valence-electron chi connectivity index (χ3n) is 2.59. The van der Waals surface area contributed by atoms with Gasteiger partial charge in [-0.15, -0.1) is 0 Å². The minimum Gasteiger partial charge on any atom is -0.478 e. The largest absolute Gasteiger partial charge is 0.478 e. The first-order valence-corrected chi connectivity index (χ1v) is 5.97. The van der Waals surface area contributed by atoms with Gasteiger partial charge < -0.3 is 14.3 Å². The van der Waals surface area contributed by atoms with Crippen LogP contribution in [0.1, 0.15) is 36.5 Å². The fraction of sp³-hybridized carbons (Fsp3) is 0.385. The van der Waals surface area contributed by atoms with Gasteiger partial charge in [0, 0.05) is 0 Å². The lowest BCUT2D eigenvalue weighted by atomic mass is 10.2. The highest BCUT2D eigenvalue weighted by Gasteiger charge is 2.10. The molecule has 5 heteroatoms. The first-order chi connectivity index (χ1) is 8.70. The number of carboxylic acids is 1. The van der Waals surface area contributed by atoms with Crippen molar-refractivity contribution in [1.82, 2.24) is 4.98 Å². The Morgan fingerprint density at radius 2 is 2.28 bits per heavy atom. The van der Waals surface area contributed by atoms with E-state index in [9.17, 15) is 4.79 Å². The average molecular weight is 249 g/mol. The van der Waals surface area contributed by atoms with Gasteiger partial charge in [0.25, 0.3) is 0 Å². The second-order valence-corrected chi connectivity index (χ2v) is 4.02. The third-order valence-corrected chi connectivity index (χ3v) is 2.59. The predicted molar refractivity (Wildman–Crippen MR) is 66.0 cm³/mol. The second kappa shape index (κ2) is 5.53. The molecule has 1 aromatic heterocycles. The maximum absolute atomic E-state index is 10.8. The van der Waals surface area contributed by atoms with Gasteiger partial charge in [0.2, 0.25) is 0 Å². The van der Waals surface area contributed by atoms with Crippen LogP contribution in [0.25, 0.3) is 11.1 Å². The molecule has 0 atom stereocenters. The molecule has 2 aromatic rings. The lowest BCUT2D eigenvalue weighted by Crippen LogP contribution is -1.96. The molecule has 0 aliphatic rings. The van der Waals surface area contributed by atoms with E-state index in [0.717, 1.165) is 19.3 Å². The summed E-state index contributed by atoms with van der Waals surface area (Å²) in [6, 6.07) is 4.55. The summed E-state index contributed by atoms with van der Waals surface area (Å²) < 4.78 is 10.7. The molecule has 0 aliphatic heterocycles. The number of benzene rings is 1. The van der Waals surface area contributed by atoms with Crippen molar-refractivity contribution in [3.8, 4) is 6.08 Å². The Hall–Kier alpha value is -2.04. The maximum Gasteiger partial charge on any atom is 0.394 e. The normalized spacial score (nSPS) is 10.7. The van der Waals surface area contributed by atoms with Crippen LogP contribution in [-0.2, 0) is 0 Å². The number of aromatic carboxylic acids is 1. The van der Waals surface area contributed by atoms with E-state index in [1.54, 1.807) is 6.07 Å². The van der Waals surface area contributed by atoms with Crippen molar-refractivity contribution in [1.29, 1.82) is 0 Å². The maximum atomic E-state index is 10.8. The molecule has 0 saturated heterocycles. The molecule has 96 valence electrons. The zero-order valence-electron chi connectivity index (χ0n) is 10.2. The smallest absolute Gasteiger partial charge is 0.394 e. The van der Waals surface area contributed by atoms with Crippen LogP contribution in [0.3, 0.4) is 0 Å². The quantitative estimate of drug-likeness (QED) is 0.796. The van der Waals surface area contributed by atoms with Crippen molar-refractivity contribution in [2.75, 3.05) is 6.61 Å². The van der Waals surface area contributed by atoms with Crippen LogP contribution >= 0.6 is 0 Å². The Balaban J connectivity index is 2.09. The topological polar surface area (TPSA) is 72.6 Å². The van der Waals surface area contributed by atoms with Crippen LogP contribution in [0.2, 0.25) is 0 Å². The minimum atomic E-state index is -0.987. The van der Waals surface area contributed by atoms with Crippen LogP contribution in [0.5, 0.6) is 6.08 Å². The van der Waals surface area contributed by atoms with Crippen molar-refractivity contribution in [2.24, 2.45) is 0 Å². The molecule has 1 aromatic carbocycles. The number of nitrogens with zero attached hydrogens (tertiary/aromatic N) is 1. The minimum absolute atomic E-state index is 0.177. The number of aromatic nitrogens is 1. The van der Waals surface area contributed by atoms with E-state index in [2.05, 4.69) is 11.9 Å². The van der Waals surface area contributed by atoms with E-state index in [1.807, 2.05) is 0 Å². The number of oxazole rings is 1. The summed E-state index contributed by atoms with van der Waals surface area (Å²) in [6.07, 6.45) is 3.38. The number of unbranched alkanes of at least 4 members (excludes halogenated alkanes) is 2. The van der Waals surface area contributed by atoms with E-state index in [1.165, 1.54) is 12.1 Å². The van der Waals surface area contributed by atoms with Gasteiger partial charge in [-0.25, -0.2) is 4.79 Å². The highest BCUT2D eigenvalue weighted by molar-refractivity contribution is 5.91. The molecule has 5 nitrogen and oxygen atoms in total. The van der Waals surface area contributed by atoms with Gasteiger partial charge in [-0.05, 0) is 24.6 Å². The lowest BCUT2D eigenvalue weighted by molar-refractivity contribution is 0.0697. The second-order valence-electron chi connectivity index (χ2n) is 4.02.